The van der Waals surface area contributed by atoms with Gasteiger partial charge < -0.3 is 9.52 Å². The number of fused-ring (bicyclic) bond motifs is 10. The summed E-state index contributed by atoms with van der Waals surface area (Å²) < 4.78 is 6.63. The predicted octanol–water partition coefficient (Wildman–Crippen LogP) is 9.27. The van der Waals surface area contributed by atoms with Gasteiger partial charge in [-0.1, -0.05) is 66.7 Å². The summed E-state index contributed by atoms with van der Waals surface area (Å²) in [6.07, 6.45) is 10.1. The van der Waals surface area contributed by atoms with E-state index in [0.717, 1.165) is 37.7 Å². The maximum Gasteiger partial charge on any atom is 0.309 e. The highest BCUT2D eigenvalue weighted by molar-refractivity contribution is 5.83. The van der Waals surface area contributed by atoms with Crippen molar-refractivity contribution in [2.45, 2.75) is 112 Å². The Hall–Kier alpha value is -1.77. The molecule has 0 radical (unpaired) electrons. The second-order valence-corrected chi connectivity index (χ2v) is 16.4. The van der Waals surface area contributed by atoms with Crippen molar-refractivity contribution in [3.63, 3.8) is 0 Å². The number of aliphatic carboxylic acids is 1. The molecule has 3 nitrogen and oxygen atoms in total. The van der Waals surface area contributed by atoms with Crippen molar-refractivity contribution in [1.29, 1.82) is 0 Å². The van der Waals surface area contributed by atoms with E-state index in [9.17, 15) is 9.90 Å². The summed E-state index contributed by atoms with van der Waals surface area (Å²) in [5, 5.41) is 12.0. The fourth-order valence-electron chi connectivity index (χ4n) is 12.9. The van der Waals surface area contributed by atoms with Gasteiger partial charge in [0.25, 0.3) is 0 Å². The van der Waals surface area contributed by atoms with Gasteiger partial charge in [-0.15, -0.1) is 0 Å². The molecule has 0 saturated heterocycles. The Morgan fingerprint density at radius 2 is 1.64 bits per heavy atom. The third kappa shape index (κ3) is 2.99. The first kappa shape index (κ1) is 26.1. The molecule has 1 aromatic heterocycles. The first-order chi connectivity index (χ1) is 18.3. The molecule has 1 N–H and O–H groups in total. The Balaban J connectivity index is 1.33. The molecule has 212 valence electrons. The van der Waals surface area contributed by atoms with Crippen LogP contribution < -0.4 is 0 Å². The Morgan fingerprint density at radius 1 is 0.897 bits per heavy atom. The van der Waals surface area contributed by atoms with Crippen LogP contribution in [0.4, 0.5) is 0 Å². The number of rotatable bonds is 2. The van der Waals surface area contributed by atoms with E-state index < -0.39 is 11.4 Å². The molecular weight excluding hydrogens is 480 g/mol. The highest BCUT2D eigenvalue weighted by Crippen LogP contribution is 2.77. The first-order valence-electron chi connectivity index (χ1n) is 16.1. The maximum atomic E-state index is 13.0. The first-order valence-corrected chi connectivity index (χ1v) is 16.1. The van der Waals surface area contributed by atoms with Crippen LogP contribution in [0.1, 0.15) is 111 Å². The third-order valence-corrected chi connectivity index (χ3v) is 14.7. The predicted molar refractivity (Wildman–Crippen MR) is 157 cm³/mol. The fraction of sp³-hybridized carbons (Fsp3) is 0.750. The second kappa shape index (κ2) is 7.95. The number of para-hydroxylation sites is 1. The van der Waals surface area contributed by atoms with Crippen LogP contribution in [-0.2, 0) is 16.6 Å². The van der Waals surface area contributed by atoms with Crippen molar-refractivity contribution >= 4 is 16.9 Å². The molecule has 39 heavy (non-hydrogen) atoms. The highest BCUT2D eigenvalue weighted by Gasteiger charge is 2.72. The Kier molecular flexibility index (Phi) is 5.33. The fourth-order valence-corrected chi connectivity index (χ4v) is 12.9. The number of carbonyl (C=O) groups is 1. The molecule has 0 aliphatic heterocycles. The lowest BCUT2D eigenvalue weighted by atomic mass is 9.32. The van der Waals surface area contributed by atoms with Gasteiger partial charge in [0, 0.05) is 16.4 Å². The molecule has 5 aliphatic rings. The summed E-state index contributed by atoms with van der Waals surface area (Å²) in [7, 11) is 0. The van der Waals surface area contributed by atoms with Crippen molar-refractivity contribution in [2.75, 3.05) is 0 Å². The summed E-state index contributed by atoms with van der Waals surface area (Å²) >= 11 is 0. The number of benzene rings is 1. The van der Waals surface area contributed by atoms with Crippen LogP contribution in [0.5, 0.6) is 0 Å². The number of carboxylic acid groups (broad SMARTS) is 1. The van der Waals surface area contributed by atoms with E-state index in [0.29, 0.717) is 35.5 Å². The minimum Gasteiger partial charge on any atom is -0.481 e. The molecule has 3 heteroatoms. The Morgan fingerprint density at radius 3 is 2.36 bits per heavy atom. The van der Waals surface area contributed by atoms with Crippen molar-refractivity contribution in [2.24, 2.45) is 57.2 Å². The molecular formula is C36H50O3. The number of furan rings is 1. The average Bonchev–Trinajstić information content (AvgIpc) is 3.45. The summed E-state index contributed by atoms with van der Waals surface area (Å²) in [6, 6.07) is 8.69. The van der Waals surface area contributed by atoms with Crippen LogP contribution >= 0.6 is 0 Å². The van der Waals surface area contributed by atoms with Crippen LogP contribution in [0.2, 0.25) is 0 Å². The van der Waals surface area contributed by atoms with E-state index in [4.69, 9.17) is 4.42 Å². The Labute approximate surface area is 235 Å². The molecule has 4 unspecified atom stereocenters. The Bertz CT molecular complexity index is 1330. The van der Waals surface area contributed by atoms with Crippen molar-refractivity contribution in [1.82, 2.24) is 0 Å². The summed E-state index contributed by atoms with van der Waals surface area (Å²) in [4.78, 5) is 13.0. The third-order valence-electron chi connectivity index (χ3n) is 14.7. The molecule has 0 amide bonds. The zero-order chi connectivity index (χ0) is 27.8. The molecule has 2 aromatic rings. The van der Waals surface area contributed by atoms with Crippen molar-refractivity contribution in [3.8, 4) is 0 Å². The molecule has 1 aromatic carbocycles. The molecule has 4 fully saturated rings. The number of hydrogen-bond acceptors (Lipinski definition) is 2. The molecule has 0 spiro atoms. The standard InChI is InChI=1S/C36H50O3/c1-21(2)22-14-17-36(31(37)38)19-18-34(6)25(29(22)36)12-13-28-33(5)20-24-23-10-8-9-11-26(23)39-30(24)32(3,4)27(33)15-16-35(28,34)7/h8-11,21-22,25,27-29H,12-20H2,1-7H3,(H,37,38)/t22-,25?,27?,28?,29?,33-,34+,35+,36-/m0/s1. The van der Waals surface area contributed by atoms with Crippen LogP contribution in [0.25, 0.3) is 11.0 Å². The van der Waals surface area contributed by atoms with Gasteiger partial charge >= 0.3 is 5.97 Å². The van der Waals surface area contributed by atoms with E-state index in [-0.39, 0.29) is 21.7 Å². The quantitative estimate of drug-likeness (QED) is 0.421. The van der Waals surface area contributed by atoms with Crippen molar-refractivity contribution in [3.05, 3.63) is 35.6 Å². The van der Waals surface area contributed by atoms with Crippen LogP contribution in [-0.4, -0.2) is 11.1 Å². The largest absolute Gasteiger partial charge is 0.481 e. The van der Waals surface area contributed by atoms with Gasteiger partial charge in [0.2, 0.25) is 0 Å². The number of hydrogen-bond donors (Lipinski definition) is 1. The topological polar surface area (TPSA) is 50.4 Å². The zero-order valence-corrected chi connectivity index (χ0v) is 25.4. The monoisotopic (exact) mass is 530 g/mol. The lowest BCUT2D eigenvalue weighted by molar-refractivity contribution is -0.230. The highest BCUT2D eigenvalue weighted by atomic mass is 16.4. The zero-order valence-electron chi connectivity index (χ0n) is 25.4. The van der Waals surface area contributed by atoms with E-state index in [2.05, 4.69) is 72.7 Å². The van der Waals surface area contributed by atoms with Crippen LogP contribution in [0.3, 0.4) is 0 Å². The molecule has 4 saturated carbocycles. The number of carboxylic acids is 1. The summed E-state index contributed by atoms with van der Waals surface area (Å²) in [5.41, 5.74) is 2.71. The van der Waals surface area contributed by atoms with Gasteiger partial charge in [-0.05, 0) is 116 Å². The molecule has 0 bridgehead atoms. The average molecular weight is 531 g/mol. The van der Waals surface area contributed by atoms with Gasteiger partial charge in [-0.2, -0.15) is 0 Å². The van der Waals surface area contributed by atoms with Gasteiger partial charge in [-0.3, -0.25) is 4.79 Å². The molecule has 9 atom stereocenters. The lowest BCUT2D eigenvalue weighted by Gasteiger charge is -2.72. The van der Waals surface area contributed by atoms with E-state index in [1.807, 2.05) is 0 Å². The smallest absolute Gasteiger partial charge is 0.309 e. The van der Waals surface area contributed by atoms with Gasteiger partial charge in [0.15, 0.2) is 0 Å². The van der Waals surface area contributed by atoms with Gasteiger partial charge in [0.1, 0.15) is 11.3 Å². The van der Waals surface area contributed by atoms with Crippen LogP contribution in [0, 0.1) is 57.2 Å². The maximum absolute atomic E-state index is 13.0. The summed E-state index contributed by atoms with van der Waals surface area (Å²) in [5.74, 6) is 3.98. The lowest BCUT2D eigenvalue weighted by Crippen LogP contribution is -2.66. The molecule has 7 rings (SSSR count). The SMILES string of the molecule is CC(C)[C@@H]1CC[C@]2(C(=O)O)CC[C@]3(C)C(CCC4[C@@]5(C)Cc6c(oc7ccccc67)C(C)(C)C5CC[C@]43C)C12. The van der Waals surface area contributed by atoms with Gasteiger partial charge in [-0.25, -0.2) is 0 Å². The van der Waals surface area contributed by atoms with E-state index >= 15 is 0 Å². The summed E-state index contributed by atoms with van der Waals surface area (Å²) in [6.45, 7) is 17.6. The van der Waals surface area contributed by atoms with E-state index in [1.165, 1.54) is 42.4 Å². The minimum atomic E-state index is -0.492. The second-order valence-electron chi connectivity index (χ2n) is 16.4. The van der Waals surface area contributed by atoms with Gasteiger partial charge in [0.05, 0.1) is 5.41 Å². The van der Waals surface area contributed by atoms with Crippen LogP contribution in [0.15, 0.2) is 28.7 Å². The normalized spacial score (nSPS) is 46.2. The molecule has 1 heterocycles. The van der Waals surface area contributed by atoms with E-state index in [1.54, 1.807) is 0 Å². The molecule has 5 aliphatic carbocycles. The van der Waals surface area contributed by atoms with Crippen molar-refractivity contribution < 1.29 is 14.3 Å². The minimum absolute atomic E-state index is 0.0135.